The van der Waals surface area contributed by atoms with Gasteiger partial charge in [-0.05, 0) is 30.2 Å². The second kappa shape index (κ2) is 7.66. The molecule has 2 aromatic heterocycles. The summed E-state index contributed by atoms with van der Waals surface area (Å²) in [5.74, 6) is -0.599. The van der Waals surface area contributed by atoms with Crippen LogP contribution in [0.5, 0.6) is 0 Å². The number of nitrogens with two attached hydrogens (primary N) is 1. The molecule has 1 aliphatic carbocycles. The molecule has 2 amide bonds. The lowest BCUT2D eigenvalue weighted by molar-refractivity contribution is -0.121. The van der Waals surface area contributed by atoms with Gasteiger partial charge in [-0.25, -0.2) is 21.6 Å². The minimum Gasteiger partial charge on any atom is -0.380 e. The SMILES string of the molecule is C[C@H]1[C@@H]2CN(S(C)(=O)=O)C[C@H]2C[C@H]1Nc1c(C(N)=O)cnn2cc(N3CC[C@@H](F)C3=O)cc12. The number of halogens is 1. The van der Waals surface area contributed by atoms with Gasteiger partial charge >= 0.3 is 0 Å². The number of sulfonamides is 1. The monoisotopic (exact) mass is 478 g/mol. The largest absolute Gasteiger partial charge is 0.380 e. The summed E-state index contributed by atoms with van der Waals surface area (Å²) in [7, 11) is -3.22. The molecule has 33 heavy (non-hydrogen) atoms. The number of carbonyl (C=O) groups is 2. The van der Waals surface area contributed by atoms with Crippen molar-refractivity contribution in [3.63, 3.8) is 0 Å². The minimum atomic E-state index is -3.22. The number of nitrogens with one attached hydrogen (secondary N) is 1. The van der Waals surface area contributed by atoms with Gasteiger partial charge in [-0.1, -0.05) is 6.92 Å². The van der Waals surface area contributed by atoms with Crippen molar-refractivity contribution in [3.05, 3.63) is 24.0 Å². The number of hydrogen-bond donors (Lipinski definition) is 2. The molecule has 4 heterocycles. The van der Waals surface area contributed by atoms with Crippen LogP contribution in [-0.2, 0) is 14.8 Å². The third kappa shape index (κ3) is 3.65. The van der Waals surface area contributed by atoms with E-state index in [-0.39, 0.29) is 42.3 Å². The first kappa shape index (κ1) is 22.1. The number of aromatic nitrogens is 2. The Morgan fingerprint density at radius 1 is 1.33 bits per heavy atom. The second-order valence-corrected chi connectivity index (χ2v) is 11.4. The third-order valence-electron chi connectivity index (χ3n) is 7.46. The van der Waals surface area contributed by atoms with E-state index in [1.165, 1.54) is 17.4 Å². The number of nitrogens with zero attached hydrogens (tertiary/aromatic N) is 4. The van der Waals surface area contributed by atoms with Crippen molar-refractivity contribution in [1.82, 2.24) is 13.9 Å². The summed E-state index contributed by atoms with van der Waals surface area (Å²) in [4.78, 5) is 25.7. The average Bonchev–Trinajstić information content (AvgIpc) is 3.48. The van der Waals surface area contributed by atoms with E-state index in [2.05, 4.69) is 17.3 Å². The number of alkyl halides is 1. The van der Waals surface area contributed by atoms with E-state index in [0.29, 0.717) is 30.0 Å². The van der Waals surface area contributed by atoms with E-state index in [0.717, 1.165) is 6.42 Å². The van der Waals surface area contributed by atoms with Crippen molar-refractivity contribution >= 4 is 38.7 Å². The fourth-order valence-corrected chi connectivity index (χ4v) is 6.52. The summed E-state index contributed by atoms with van der Waals surface area (Å²) < 4.78 is 40.8. The standard InChI is InChI=1S/C21H27FN6O4S/c1-11-15-10-26(33(2,31)32)8-12(15)5-17(11)25-19-14(20(23)29)7-24-28-9-13(6-18(19)28)27-4-3-16(22)21(27)30/h6-7,9,11-12,15-17,25H,3-5,8,10H2,1-2H3,(H2,23,29)/t11-,12+,15-,16+,17+/m0/s1. The lowest BCUT2D eigenvalue weighted by Gasteiger charge is -2.25. The van der Waals surface area contributed by atoms with E-state index >= 15 is 0 Å². The third-order valence-corrected chi connectivity index (χ3v) is 8.70. The van der Waals surface area contributed by atoms with Crippen molar-refractivity contribution in [2.75, 3.05) is 36.1 Å². The first-order valence-corrected chi connectivity index (χ1v) is 12.9. The predicted octanol–water partition coefficient (Wildman–Crippen LogP) is 0.836. The van der Waals surface area contributed by atoms with Crippen LogP contribution in [0.2, 0.25) is 0 Å². The number of carbonyl (C=O) groups excluding carboxylic acids is 2. The van der Waals surface area contributed by atoms with E-state index in [1.54, 1.807) is 21.1 Å². The molecule has 0 unspecified atom stereocenters. The van der Waals surface area contributed by atoms with Gasteiger partial charge in [-0.3, -0.25) is 9.59 Å². The van der Waals surface area contributed by atoms with Crippen LogP contribution in [0.3, 0.4) is 0 Å². The summed E-state index contributed by atoms with van der Waals surface area (Å²) in [6.07, 6.45) is 3.65. The van der Waals surface area contributed by atoms with E-state index in [4.69, 9.17) is 5.73 Å². The molecule has 3 aliphatic rings. The van der Waals surface area contributed by atoms with Gasteiger partial charge in [0.25, 0.3) is 11.8 Å². The summed E-state index contributed by atoms with van der Waals surface area (Å²) >= 11 is 0. The Morgan fingerprint density at radius 3 is 2.70 bits per heavy atom. The Bertz CT molecular complexity index is 1250. The van der Waals surface area contributed by atoms with Gasteiger partial charge in [0.1, 0.15) is 0 Å². The van der Waals surface area contributed by atoms with Crippen molar-refractivity contribution in [3.8, 4) is 0 Å². The summed E-state index contributed by atoms with van der Waals surface area (Å²) in [6.45, 7) is 3.36. The number of amides is 2. The highest BCUT2D eigenvalue weighted by Gasteiger charge is 2.48. The van der Waals surface area contributed by atoms with Crippen LogP contribution >= 0.6 is 0 Å². The van der Waals surface area contributed by atoms with Crippen LogP contribution < -0.4 is 16.0 Å². The van der Waals surface area contributed by atoms with Gasteiger partial charge in [-0.2, -0.15) is 5.10 Å². The van der Waals surface area contributed by atoms with Gasteiger partial charge in [0.2, 0.25) is 10.0 Å². The summed E-state index contributed by atoms with van der Waals surface area (Å²) in [5, 5.41) is 7.74. The predicted molar refractivity (Wildman–Crippen MR) is 120 cm³/mol. The smallest absolute Gasteiger partial charge is 0.261 e. The zero-order valence-corrected chi connectivity index (χ0v) is 19.3. The van der Waals surface area contributed by atoms with Crippen molar-refractivity contribution in [1.29, 1.82) is 0 Å². The molecule has 2 saturated heterocycles. The zero-order valence-electron chi connectivity index (χ0n) is 18.4. The Balaban J connectivity index is 1.46. The van der Waals surface area contributed by atoms with E-state index in [1.807, 2.05) is 0 Å². The first-order chi connectivity index (χ1) is 15.5. The molecule has 178 valence electrons. The molecule has 0 bridgehead atoms. The molecule has 2 aromatic rings. The number of fused-ring (bicyclic) bond motifs is 2. The quantitative estimate of drug-likeness (QED) is 0.655. The maximum absolute atomic E-state index is 13.8. The molecule has 5 atom stereocenters. The van der Waals surface area contributed by atoms with E-state index in [9.17, 15) is 22.4 Å². The van der Waals surface area contributed by atoms with Gasteiger partial charge in [-0.15, -0.1) is 0 Å². The zero-order chi connectivity index (χ0) is 23.7. The Labute approximate surface area is 190 Å². The van der Waals surface area contributed by atoms with Gasteiger partial charge in [0.05, 0.1) is 41.1 Å². The number of anilines is 2. The molecule has 1 saturated carbocycles. The molecule has 0 spiro atoms. The Kier molecular flexibility index (Phi) is 5.12. The highest BCUT2D eigenvalue weighted by molar-refractivity contribution is 7.88. The van der Waals surface area contributed by atoms with Crippen molar-refractivity contribution < 1.29 is 22.4 Å². The number of hydrogen-bond acceptors (Lipinski definition) is 6. The van der Waals surface area contributed by atoms with Crippen LogP contribution in [-0.4, -0.2) is 72.3 Å². The molecule has 3 N–H and O–H groups in total. The molecule has 0 aromatic carbocycles. The fourth-order valence-electron chi connectivity index (χ4n) is 5.62. The first-order valence-electron chi connectivity index (χ1n) is 11.0. The van der Waals surface area contributed by atoms with Crippen LogP contribution in [0.15, 0.2) is 18.5 Å². The van der Waals surface area contributed by atoms with Crippen LogP contribution in [0.25, 0.3) is 5.52 Å². The second-order valence-electron chi connectivity index (χ2n) is 9.42. The van der Waals surface area contributed by atoms with Gasteiger partial charge in [0.15, 0.2) is 6.17 Å². The normalized spacial score (nSPS) is 30.3. The Hall–Kier alpha value is -2.73. The van der Waals surface area contributed by atoms with Gasteiger partial charge in [0, 0.05) is 32.1 Å². The molecule has 5 rings (SSSR count). The van der Waals surface area contributed by atoms with Crippen LogP contribution in [0.4, 0.5) is 15.8 Å². The minimum absolute atomic E-state index is 0.00741. The summed E-state index contributed by atoms with van der Waals surface area (Å²) in [6, 6.07) is 1.72. The lowest BCUT2D eigenvalue weighted by Crippen LogP contribution is -2.33. The topological polar surface area (TPSA) is 130 Å². The number of rotatable bonds is 5. The molecule has 3 fully saturated rings. The fraction of sp³-hybridized carbons (Fsp3) is 0.571. The van der Waals surface area contributed by atoms with Crippen LogP contribution in [0, 0.1) is 17.8 Å². The maximum atomic E-state index is 13.8. The van der Waals surface area contributed by atoms with Crippen molar-refractivity contribution in [2.24, 2.45) is 23.5 Å². The van der Waals surface area contributed by atoms with Gasteiger partial charge < -0.3 is 16.0 Å². The molecule has 12 heteroatoms. The maximum Gasteiger partial charge on any atom is 0.261 e. The lowest BCUT2D eigenvalue weighted by atomic mass is 9.93. The van der Waals surface area contributed by atoms with Crippen LogP contribution in [0.1, 0.15) is 30.1 Å². The average molecular weight is 479 g/mol. The molecule has 2 aliphatic heterocycles. The van der Waals surface area contributed by atoms with E-state index < -0.39 is 28.0 Å². The summed E-state index contributed by atoms with van der Waals surface area (Å²) in [5.41, 5.74) is 7.45. The molecular formula is C21H27FN6O4S. The molecular weight excluding hydrogens is 451 g/mol. The highest BCUT2D eigenvalue weighted by Crippen LogP contribution is 2.44. The van der Waals surface area contributed by atoms with Crippen molar-refractivity contribution in [2.45, 2.75) is 32.0 Å². The number of primary amides is 1. The highest BCUT2D eigenvalue weighted by atomic mass is 32.2. The molecule has 0 radical (unpaired) electrons. The molecule has 10 nitrogen and oxygen atoms in total. The Morgan fingerprint density at radius 2 is 2.09 bits per heavy atom.